The predicted molar refractivity (Wildman–Crippen MR) is 27.1 cm³/mol. The van der Waals surface area contributed by atoms with E-state index in [0.717, 1.165) is 12.5 Å². The van der Waals surface area contributed by atoms with E-state index in [0.29, 0.717) is 6.10 Å². The largest absolute Gasteiger partial charge is 0.378 e. The molecule has 2 unspecified atom stereocenters. The lowest BCUT2D eigenvalue weighted by atomic mass is 9.82. The van der Waals surface area contributed by atoms with Crippen LogP contribution in [0.4, 0.5) is 0 Å². The van der Waals surface area contributed by atoms with Crippen molar-refractivity contribution in [2.45, 2.75) is 25.4 Å². The molecule has 2 fully saturated rings. The van der Waals surface area contributed by atoms with E-state index >= 15 is 0 Å². The zero-order chi connectivity index (χ0) is 4.69. The minimum Gasteiger partial charge on any atom is -0.378 e. The van der Waals surface area contributed by atoms with Crippen LogP contribution in [0.15, 0.2) is 0 Å². The number of hydrogen-bond acceptors (Lipinski definition) is 1. The van der Waals surface area contributed by atoms with Crippen molar-refractivity contribution in [3.8, 4) is 0 Å². The fraction of sp³-hybridized carbons (Fsp3) is 1.00. The summed E-state index contributed by atoms with van der Waals surface area (Å²) in [4.78, 5) is 0. The molecule has 2 aliphatic rings. The van der Waals surface area contributed by atoms with Crippen LogP contribution in [-0.2, 0) is 4.74 Å². The van der Waals surface area contributed by atoms with E-state index in [9.17, 15) is 0 Å². The van der Waals surface area contributed by atoms with Crippen molar-refractivity contribution < 1.29 is 4.74 Å². The molecule has 40 valence electrons. The highest BCUT2D eigenvalue weighted by Gasteiger charge is 2.35. The maximum atomic E-state index is 5.35. The molecule has 1 heteroatoms. The molecule has 0 aromatic heterocycles. The standard InChI is InChI=1S/C6H10O/c1-2-6-5(1)3-4-7-6/h5-6H,1-4H2. The van der Waals surface area contributed by atoms with Crippen LogP contribution < -0.4 is 0 Å². The topological polar surface area (TPSA) is 9.23 Å². The second-order valence-corrected chi connectivity index (χ2v) is 2.54. The zero-order valence-corrected chi connectivity index (χ0v) is 4.39. The van der Waals surface area contributed by atoms with Crippen LogP contribution in [0.3, 0.4) is 0 Å². The Hall–Kier alpha value is -0.0400. The summed E-state index contributed by atoms with van der Waals surface area (Å²) in [6.07, 6.45) is 4.81. The Bertz CT molecular complexity index is 70.2. The van der Waals surface area contributed by atoms with Gasteiger partial charge in [-0.2, -0.15) is 0 Å². The Kier molecular flexibility index (Phi) is 0.680. The van der Waals surface area contributed by atoms with E-state index in [1.165, 1.54) is 19.3 Å². The highest BCUT2D eigenvalue weighted by atomic mass is 16.5. The molecule has 2 atom stereocenters. The van der Waals surface area contributed by atoms with E-state index in [1.807, 2.05) is 0 Å². The Labute approximate surface area is 43.7 Å². The smallest absolute Gasteiger partial charge is 0.0604 e. The lowest BCUT2D eigenvalue weighted by Crippen LogP contribution is -2.26. The average molecular weight is 98.1 g/mol. The first-order valence-corrected chi connectivity index (χ1v) is 3.08. The van der Waals surface area contributed by atoms with Crippen molar-refractivity contribution in [2.75, 3.05) is 6.61 Å². The molecule has 1 aliphatic carbocycles. The molecular formula is C6H10O. The van der Waals surface area contributed by atoms with Gasteiger partial charge in [0.05, 0.1) is 6.10 Å². The van der Waals surface area contributed by atoms with E-state index < -0.39 is 0 Å². The van der Waals surface area contributed by atoms with Crippen molar-refractivity contribution in [1.29, 1.82) is 0 Å². The SMILES string of the molecule is C1CC2CCC2O1. The quantitative estimate of drug-likeness (QED) is 0.442. The van der Waals surface area contributed by atoms with Gasteiger partial charge in [0.2, 0.25) is 0 Å². The van der Waals surface area contributed by atoms with Gasteiger partial charge in [-0.1, -0.05) is 0 Å². The average Bonchev–Trinajstić information content (AvgIpc) is 1.85. The zero-order valence-electron chi connectivity index (χ0n) is 4.39. The van der Waals surface area contributed by atoms with Crippen molar-refractivity contribution in [3.05, 3.63) is 0 Å². The van der Waals surface area contributed by atoms with Crippen LogP contribution in [0.1, 0.15) is 19.3 Å². The highest BCUT2D eigenvalue weighted by molar-refractivity contribution is 4.85. The molecule has 0 amide bonds. The van der Waals surface area contributed by atoms with Crippen molar-refractivity contribution in [1.82, 2.24) is 0 Å². The van der Waals surface area contributed by atoms with Gasteiger partial charge in [0, 0.05) is 6.61 Å². The van der Waals surface area contributed by atoms with Crippen LogP contribution >= 0.6 is 0 Å². The Morgan fingerprint density at radius 2 is 2.14 bits per heavy atom. The molecule has 1 nitrogen and oxygen atoms in total. The summed E-state index contributed by atoms with van der Waals surface area (Å²) in [6.45, 7) is 1.04. The van der Waals surface area contributed by atoms with E-state index in [4.69, 9.17) is 4.74 Å². The third-order valence-corrected chi connectivity index (χ3v) is 2.17. The normalized spacial score (nSPS) is 48.0. The third kappa shape index (κ3) is 0.418. The monoisotopic (exact) mass is 98.1 g/mol. The summed E-state index contributed by atoms with van der Waals surface area (Å²) >= 11 is 0. The molecule has 0 N–H and O–H groups in total. The summed E-state index contributed by atoms with van der Waals surface area (Å²) in [7, 11) is 0. The first-order chi connectivity index (χ1) is 3.47. The Morgan fingerprint density at radius 3 is 2.43 bits per heavy atom. The molecule has 7 heavy (non-hydrogen) atoms. The van der Waals surface area contributed by atoms with Gasteiger partial charge in [0.1, 0.15) is 0 Å². The van der Waals surface area contributed by atoms with Crippen LogP contribution in [0, 0.1) is 5.92 Å². The minimum atomic E-state index is 0.694. The molecule has 1 saturated heterocycles. The first-order valence-electron chi connectivity index (χ1n) is 3.08. The van der Waals surface area contributed by atoms with Crippen LogP contribution in [0.25, 0.3) is 0 Å². The minimum absolute atomic E-state index is 0.694. The fourth-order valence-electron chi connectivity index (χ4n) is 1.46. The molecule has 1 aliphatic heterocycles. The summed E-state index contributed by atoms with van der Waals surface area (Å²) in [5.41, 5.74) is 0. The molecule has 0 bridgehead atoms. The summed E-state index contributed by atoms with van der Waals surface area (Å²) in [5, 5.41) is 0. The van der Waals surface area contributed by atoms with Gasteiger partial charge >= 0.3 is 0 Å². The maximum Gasteiger partial charge on any atom is 0.0604 e. The molecule has 0 aromatic rings. The van der Waals surface area contributed by atoms with Crippen molar-refractivity contribution >= 4 is 0 Å². The van der Waals surface area contributed by atoms with Crippen molar-refractivity contribution in [3.63, 3.8) is 0 Å². The number of rotatable bonds is 0. The Balaban J connectivity index is 2.03. The van der Waals surface area contributed by atoms with E-state index in [-0.39, 0.29) is 0 Å². The molecule has 1 saturated carbocycles. The van der Waals surface area contributed by atoms with Gasteiger partial charge in [-0.05, 0) is 25.2 Å². The van der Waals surface area contributed by atoms with Gasteiger partial charge in [-0.15, -0.1) is 0 Å². The number of fused-ring (bicyclic) bond motifs is 1. The molecule has 0 spiro atoms. The highest BCUT2D eigenvalue weighted by Crippen LogP contribution is 2.37. The maximum absolute atomic E-state index is 5.35. The van der Waals surface area contributed by atoms with E-state index in [2.05, 4.69) is 0 Å². The van der Waals surface area contributed by atoms with Crippen LogP contribution in [0.5, 0.6) is 0 Å². The first kappa shape index (κ1) is 3.90. The molecule has 2 rings (SSSR count). The summed E-state index contributed by atoms with van der Waals surface area (Å²) < 4.78 is 5.35. The van der Waals surface area contributed by atoms with Crippen molar-refractivity contribution in [2.24, 2.45) is 5.92 Å². The second-order valence-electron chi connectivity index (χ2n) is 2.54. The molecular weight excluding hydrogens is 88.1 g/mol. The lowest BCUT2D eigenvalue weighted by molar-refractivity contribution is 0.0340. The van der Waals surface area contributed by atoms with Gasteiger partial charge in [-0.25, -0.2) is 0 Å². The molecule has 1 heterocycles. The Morgan fingerprint density at radius 1 is 1.14 bits per heavy atom. The third-order valence-electron chi connectivity index (χ3n) is 2.17. The van der Waals surface area contributed by atoms with Gasteiger partial charge in [0.15, 0.2) is 0 Å². The predicted octanol–water partition coefficient (Wildman–Crippen LogP) is 1.19. The number of ether oxygens (including phenoxy) is 1. The van der Waals surface area contributed by atoms with Crippen LogP contribution in [-0.4, -0.2) is 12.7 Å². The van der Waals surface area contributed by atoms with Crippen LogP contribution in [0.2, 0.25) is 0 Å². The number of hydrogen-bond donors (Lipinski definition) is 0. The summed E-state index contributed by atoms with van der Waals surface area (Å²) in [6, 6.07) is 0. The van der Waals surface area contributed by atoms with E-state index in [1.54, 1.807) is 0 Å². The van der Waals surface area contributed by atoms with Gasteiger partial charge in [0.25, 0.3) is 0 Å². The fourth-order valence-corrected chi connectivity index (χ4v) is 1.46. The molecule has 0 radical (unpaired) electrons. The lowest BCUT2D eigenvalue weighted by Gasteiger charge is -2.27. The summed E-state index contributed by atoms with van der Waals surface area (Å²) in [5.74, 6) is 0.972. The van der Waals surface area contributed by atoms with Gasteiger partial charge in [-0.3, -0.25) is 0 Å². The second kappa shape index (κ2) is 1.22. The van der Waals surface area contributed by atoms with Gasteiger partial charge < -0.3 is 4.74 Å². The molecule has 0 aromatic carbocycles.